The molecule has 0 amide bonds. The van der Waals surface area contributed by atoms with Gasteiger partial charge in [-0.3, -0.25) is 10.1 Å². The first kappa shape index (κ1) is 15.6. The number of ether oxygens (including phenoxy) is 2. The van der Waals surface area contributed by atoms with Crippen LogP contribution in [0, 0.1) is 10.1 Å². The Morgan fingerprint density at radius 1 is 1.40 bits per heavy atom. The standard InChI is InChI=1S/C13H16N2O5/c1-13(2,3)20-11(16)8-6-9-5-7-10(15(17)18)12(14-9)19-4/h5-8H,1-4H3/b8-6+. The van der Waals surface area contributed by atoms with Gasteiger partial charge in [0.1, 0.15) is 5.60 Å². The van der Waals surface area contributed by atoms with Crippen molar-refractivity contribution in [3.05, 3.63) is 34.0 Å². The monoisotopic (exact) mass is 280 g/mol. The van der Waals surface area contributed by atoms with E-state index in [0.717, 1.165) is 0 Å². The molecule has 0 unspecified atom stereocenters. The Morgan fingerprint density at radius 2 is 2.05 bits per heavy atom. The van der Waals surface area contributed by atoms with Crippen LogP contribution in [0.1, 0.15) is 26.5 Å². The molecular formula is C13H16N2O5. The van der Waals surface area contributed by atoms with Gasteiger partial charge in [0, 0.05) is 12.1 Å². The maximum absolute atomic E-state index is 11.5. The van der Waals surface area contributed by atoms with Crippen molar-refractivity contribution in [1.29, 1.82) is 0 Å². The maximum atomic E-state index is 11.5. The fourth-order valence-electron chi connectivity index (χ4n) is 1.32. The lowest BCUT2D eigenvalue weighted by atomic mass is 10.2. The zero-order valence-corrected chi connectivity index (χ0v) is 11.7. The predicted octanol–water partition coefficient (Wildman–Crippen LogP) is 2.35. The number of esters is 1. The van der Waals surface area contributed by atoms with Crippen LogP contribution in [-0.4, -0.2) is 28.6 Å². The Labute approximate surface area is 116 Å². The van der Waals surface area contributed by atoms with E-state index in [0.29, 0.717) is 5.69 Å². The minimum atomic E-state index is -0.590. The average Bonchev–Trinajstić information content (AvgIpc) is 2.33. The number of methoxy groups -OCH3 is 1. The van der Waals surface area contributed by atoms with Crippen LogP contribution < -0.4 is 4.74 Å². The van der Waals surface area contributed by atoms with Crippen molar-refractivity contribution in [1.82, 2.24) is 4.98 Å². The zero-order chi connectivity index (χ0) is 15.3. The van der Waals surface area contributed by atoms with Crippen LogP contribution in [0.2, 0.25) is 0 Å². The van der Waals surface area contributed by atoms with Crippen molar-refractivity contribution in [3.63, 3.8) is 0 Å². The van der Waals surface area contributed by atoms with Crippen LogP contribution in [0.3, 0.4) is 0 Å². The van der Waals surface area contributed by atoms with Gasteiger partial charge >= 0.3 is 11.7 Å². The third-order valence-electron chi connectivity index (χ3n) is 2.05. The Kier molecular flexibility index (Phi) is 4.79. The smallest absolute Gasteiger partial charge is 0.331 e. The summed E-state index contributed by atoms with van der Waals surface area (Å²) in [6.45, 7) is 5.27. The number of pyridine rings is 1. The third-order valence-corrected chi connectivity index (χ3v) is 2.05. The Bertz CT molecular complexity index is 546. The molecule has 0 aliphatic heterocycles. The first-order valence-corrected chi connectivity index (χ1v) is 5.83. The number of nitro groups is 1. The summed E-state index contributed by atoms with van der Waals surface area (Å²) >= 11 is 0. The maximum Gasteiger partial charge on any atom is 0.331 e. The Hall–Kier alpha value is -2.44. The van der Waals surface area contributed by atoms with E-state index >= 15 is 0 Å². The molecule has 1 aromatic rings. The summed E-state index contributed by atoms with van der Waals surface area (Å²) in [6.07, 6.45) is 2.61. The molecule has 0 aromatic carbocycles. The molecule has 7 nitrogen and oxygen atoms in total. The summed E-state index contributed by atoms with van der Waals surface area (Å²) in [5.41, 5.74) is -0.456. The van der Waals surface area contributed by atoms with Crippen molar-refractivity contribution in [2.45, 2.75) is 26.4 Å². The van der Waals surface area contributed by atoms with Gasteiger partial charge in [-0.15, -0.1) is 0 Å². The molecular weight excluding hydrogens is 264 g/mol. The molecule has 108 valence electrons. The van der Waals surface area contributed by atoms with Gasteiger partial charge in [-0.25, -0.2) is 9.78 Å². The first-order valence-electron chi connectivity index (χ1n) is 5.83. The van der Waals surface area contributed by atoms with E-state index in [1.54, 1.807) is 20.8 Å². The van der Waals surface area contributed by atoms with E-state index in [9.17, 15) is 14.9 Å². The molecule has 0 saturated carbocycles. The molecule has 0 bridgehead atoms. The van der Waals surface area contributed by atoms with E-state index in [4.69, 9.17) is 9.47 Å². The molecule has 0 atom stereocenters. The molecule has 0 aliphatic rings. The van der Waals surface area contributed by atoms with Crippen LogP contribution in [0.4, 0.5) is 5.69 Å². The molecule has 0 spiro atoms. The van der Waals surface area contributed by atoms with Gasteiger partial charge in [-0.05, 0) is 32.9 Å². The van der Waals surface area contributed by atoms with E-state index in [-0.39, 0.29) is 11.6 Å². The number of hydrogen-bond acceptors (Lipinski definition) is 6. The first-order chi connectivity index (χ1) is 9.23. The summed E-state index contributed by atoms with van der Waals surface area (Å²) in [7, 11) is 1.29. The number of carbonyl (C=O) groups is 1. The lowest BCUT2D eigenvalue weighted by molar-refractivity contribution is -0.386. The van der Waals surface area contributed by atoms with Crippen LogP contribution in [-0.2, 0) is 9.53 Å². The lowest BCUT2D eigenvalue weighted by Crippen LogP contribution is -2.22. The molecule has 20 heavy (non-hydrogen) atoms. The third kappa shape index (κ3) is 4.68. The summed E-state index contributed by atoms with van der Waals surface area (Å²) in [5.74, 6) is -0.627. The van der Waals surface area contributed by atoms with Gasteiger partial charge in [0.05, 0.1) is 17.7 Å². The van der Waals surface area contributed by atoms with Gasteiger partial charge in [0.15, 0.2) is 0 Å². The number of carbonyl (C=O) groups excluding carboxylic acids is 1. The van der Waals surface area contributed by atoms with Crippen LogP contribution in [0.15, 0.2) is 18.2 Å². The van der Waals surface area contributed by atoms with Crippen LogP contribution in [0.5, 0.6) is 5.88 Å². The average molecular weight is 280 g/mol. The highest BCUT2D eigenvalue weighted by atomic mass is 16.6. The van der Waals surface area contributed by atoms with Crippen LogP contribution in [0.25, 0.3) is 6.08 Å². The molecule has 0 fully saturated rings. The van der Waals surface area contributed by atoms with Crippen molar-refractivity contribution in [2.75, 3.05) is 7.11 Å². The molecule has 0 aliphatic carbocycles. The van der Waals surface area contributed by atoms with E-state index in [1.165, 1.54) is 31.4 Å². The molecule has 1 aromatic heterocycles. The minimum absolute atomic E-state index is 0.110. The van der Waals surface area contributed by atoms with Crippen molar-refractivity contribution in [2.24, 2.45) is 0 Å². The molecule has 0 saturated heterocycles. The number of rotatable bonds is 4. The zero-order valence-electron chi connectivity index (χ0n) is 11.7. The normalized spacial score (nSPS) is 11.4. The Morgan fingerprint density at radius 3 is 2.55 bits per heavy atom. The largest absolute Gasteiger partial charge is 0.476 e. The van der Waals surface area contributed by atoms with Gasteiger partial charge in [-0.2, -0.15) is 0 Å². The predicted molar refractivity (Wildman–Crippen MR) is 72.3 cm³/mol. The topological polar surface area (TPSA) is 91.6 Å². The van der Waals surface area contributed by atoms with Crippen molar-refractivity contribution < 1.29 is 19.2 Å². The lowest BCUT2D eigenvalue weighted by Gasteiger charge is -2.17. The molecule has 1 rings (SSSR count). The highest BCUT2D eigenvalue weighted by molar-refractivity contribution is 5.87. The van der Waals surface area contributed by atoms with Crippen molar-refractivity contribution in [3.8, 4) is 5.88 Å². The second kappa shape index (κ2) is 6.14. The molecule has 7 heteroatoms. The van der Waals surface area contributed by atoms with E-state index in [2.05, 4.69) is 4.98 Å². The summed E-state index contributed by atoms with van der Waals surface area (Å²) in [6, 6.07) is 2.68. The minimum Gasteiger partial charge on any atom is -0.476 e. The fraction of sp³-hybridized carbons (Fsp3) is 0.385. The van der Waals surface area contributed by atoms with Crippen LogP contribution >= 0.6 is 0 Å². The molecule has 0 radical (unpaired) electrons. The fourth-order valence-corrected chi connectivity index (χ4v) is 1.32. The van der Waals surface area contributed by atoms with E-state index in [1.807, 2.05) is 0 Å². The quantitative estimate of drug-likeness (QED) is 0.364. The summed E-state index contributed by atoms with van der Waals surface area (Å²) in [4.78, 5) is 25.5. The van der Waals surface area contributed by atoms with Gasteiger partial charge in [-0.1, -0.05) is 0 Å². The van der Waals surface area contributed by atoms with E-state index < -0.39 is 16.5 Å². The summed E-state index contributed by atoms with van der Waals surface area (Å²) < 4.78 is 9.92. The number of hydrogen-bond donors (Lipinski definition) is 0. The summed E-state index contributed by atoms with van der Waals surface area (Å²) in [5, 5.41) is 10.7. The van der Waals surface area contributed by atoms with Gasteiger partial charge < -0.3 is 9.47 Å². The van der Waals surface area contributed by atoms with Gasteiger partial charge in [0.2, 0.25) is 0 Å². The number of aromatic nitrogens is 1. The van der Waals surface area contributed by atoms with Crippen molar-refractivity contribution >= 4 is 17.7 Å². The molecule has 0 N–H and O–H groups in total. The van der Waals surface area contributed by atoms with Gasteiger partial charge in [0.25, 0.3) is 5.88 Å². The second-order valence-electron chi connectivity index (χ2n) is 4.89. The highest BCUT2D eigenvalue weighted by Crippen LogP contribution is 2.24. The SMILES string of the molecule is COc1nc(/C=C/C(=O)OC(C)(C)C)ccc1[N+](=O)[O-]. The Balaban J connectivity index is 2.88. The number of nitrogens with zero attached hydrogens (tertiary/aromatic N) is 2. The molecule has 1 heterocycles. The highest BCUT2D eigenvalue weighted by Gasteiger charge is 2.16. The second-order valence-corrected chi connectivity index (χ2v) is 4.89.